The highest BCUT2D eigenvalue weighted by Crippen LogP contribution is 2.06. The van der Waals surface area contributed by atoms with Crippen molar-refractivity contribution in [2.24, 2.45) is 0 Å². The van der Waals surface area contributed by atoms with Crippen molar-refractivity contribution in [1.29, 1.82) is 0 Å². The Morgan fingerprint density at radius 3 is 2.45 bits per heavy atom. The highest BCUT2D eigenvalue weighted by atomic mass is 16.6. The maximum Gasteiger partial charge on any atom is 0.408 e. The molecule has 13 nitrogen and oxygen atoms in total. The number of carboxylic acids is 1. The summed E-state index contributed by atoms with van der Waals surface area (Å²) in [4.78, 5) is 61.5. The number of carbonyl (C=O) groups is 4. The SMILES string of the molecule is CC(C)(C)OC(=O)NCC(=O)N[C@@H](CNC(=O)Cn1ccc(N)nc1=O)C(=O)O. The Morgan fingerprint density at radius 1 is 1.24 bits per heavy atom. The van der Waals surface area contributed by atoms with E-state index < -0.39 is 60.8 Å². The molecule has 0 fully saturated rings. The predicted molar refractivity (Wildman–Crippen MR) is 99.7 cm³/mol. The molecule has 0 spiro atoms. The molecule has 1 atom stereocenters. The number of anilines is 1. The maximum atomic E-state index is 11.9. The second-order valence-corrected chi connectivity index (χ2v) is 6.88. The van der Waals surface area contributed by atoms with Crippen LogP contribution in [-0.4, -0.2) is 63.3 Å². The number of aliphatic carboxylic acids is 1. The second-order valence-electron chi connectivity index (χ2n) is 6.88. The van der Waals surface area contributed by atoms with Crippen LogP contribution in [0.5, 0.6) is 0 Å². The lowest BCUT2D eigenvalue weighted by Gasteiger charge is -2.20. The molecule has 0 aliphatic carbocycles. The first-order valence-electron chi connectivity index (χ1n) is 8.46. The van der Waals surface area contributed by atoms with E-state index in [1.165, 1.54) is 12.3 Å². The number of amides is 3. The molecule has 0 aliphatic heterocycles. The molecular weight excluding hydrogens is 388 g/mol. The van der Waals surface area contributed by atoms with Gasteiger partial charge in [0.15, 0.2) is 0 Å². The molecule has 6 N–H and O–H groups in total. The van der Waals surface area contributed by atoms with Crippen LogP contribution in [0.3, 0.4) is 0 Å². The van der Waals surface area contributed by atoms with Crippen LogP contribution in [0.1, 0.15) is 20.8 Å². The third kappa shape index (κ3) is 9.21. The molecule has 29 heavy (non-hydrogen) atoms. The summed E-state index contributed by atoms with van der Waals surface area (Å²) in [5.74, 6) is -2.87. The van der Waals surface area contributed by atoms with Gasteiger partial charge in [0.25, 0.3) is 0 Å². The third-order valence-electron chi connectivity index (χ3n) is 3.14. The standard InChI is InChI=1S/C16H24N6O7/c1-16(2,3)29-15(28)19-7-11(23)20-9(13(25)26)6-18-12(24)8-22-5-4-10(17)21-14(22)27/h4-5,9H,6-8H2,1-3H3,(H,18,24)(H,19,28)(H,20,23)(H,25,26)(H2,17,21,27)/t9-/m0/s1. The number of carbonyl (C=O) groups excluding carboxylic acids is 3. The predicted octanol–water partition coefficient (Wildman–Crippen LogP) is -1.96. The van der Waals surface area contributed by atoms with Crippen LogP contribution in [0.25, 0.3) is 0 Å². The first-order chi connectivity index (χ1) is 13.4. The molecule has 1 aromatic heterocycles. The molecule has 3 amide bonds. The first kappa shape index (κ1) is 23.4. The van der Waals surface area contributed by atoms with Gasteiger partial charge in [-0.2, -0.15) is 4.98 Å². The molecule has 13 heteroatoms. The van der Waals surface area contributed by atoms with Crippen LogP contribution >= 0.6 is 0 Å². The Labute approximate surface area is 165 Å². The van der Waals surface area contributed by atoms with Crippen molar-refractivity contribution in [2.75, 3.05) is 18.8 Å². The van der Waals surface area contributed by atoms with Gasteiger partial charge >= 0.3 is 17.8 Å². The van der Waals surface area contributed by atoms with E-state index in [2.05, 4.69) is 20.9 Å². The zero-order valence-corrected chi connectivity index (χ0v) is 16.2. The summed E-state index contributed by atoms with van der Waals surface area (Å²) < 4.78 is 5.93. The van der Waals surface area contributed by atoms with E-state index >= 15 is 0 Å². The minimum Gasteiger partial charge on any atom is -0.480 e. The average molecular weight is 412 g/mol. The Morgan fingerprint density at radius 2 is 1.90 bits per heavy atom. The lowest BCUT2D eigenvalue weighted by Crippen LogP contribution is -2.51. The molecule has 0 saturated carbocycles. The molecule has 160 valence electrons. The summed E-state index contributed by atoms with van der Waals surface area (Å²) in [7, 11) is 0. The highest BCUT2D eigenvalue weighted by Gasteiger charge is 2.22. The van der Waals surface area contributed by atoms with Crippen molar-refractivity contribution in [1.82, 2.24) is 25.5 Å². The smallest absolute Gasteiger partial charge is 0.408 e. The minimum atomic E-state index is -1.45. The van der Waals surface area contributed by atoms with E-state index in [1.54, 1.807) is 20.8 Å². The van der Waals surface area contributed by atoms with Crippen molar-refractivity contribution < 1.29 is 29.0 Å². The van der Waals surface area contributed by atoms with Crippen molar-refractivity contribution in [3.05, 3.63) is 22.7 Å². The number of carboxylic acid groups (broad SMARTS) is 1. The zero-order valence-electron chi connectivity index (χ0n) is 16.2. The van der Waals surface area contributed by atoms with Gasteiger partial charge in [0, 0.05) is 12.7 Å². The molecule has 1 aromatic rings. The van der Waals surface area contributed by atoms with Gasteiger partial charge in [0.2, 0.25) is 11.8 Å². The second kappa shape index (κ2) is 10.1. The summed E-state index contributed by atoms with van der Waals surface area (Å²) in [5.41, 5.74) is 3.85. The summed E-state index contributed by atoms with van der Waals surface area (Å²) in [5, 5.41) is 15.8. The molecule has 0 unspecified atom stereocenters. The Kier molecular flexibility index (Phi) is 8.11. The van der Waals surface area contributed by atoms with Crippen LogP contribution in [0.2, 0.25) is 0 Å². The molecule has 0 aliphatic rings. The lowest BCUT2D eigenvalue weighted by molar-refractivity contribution is -0.141. The molecule has 0 radical (unpaired) electrons. The van der Waals surface area contributed by atoms with Crippen molar-refractivity contribution in [3.8, 4) is 0 Å². The number of ether oxygens (including phenoxy) is 1. The van der Waals surface area contributed by atoms with E-state index in [9.17, 15) is 29.1 Å². The van der Waals surface area contributed by atoms with Crippen LogP contribution in [0, 0.1) is 0 Å². The van der Waals surface area contributed by atoms with Gasteiger partial charge in [0.1, 0.15) is 30.6 Å². The Bertz CT molecular complexity index is 830. The molecule has 0 aromatic carbocycles. The number of nitrogens with zero attached hydrogens (tertiary/aromatic N) is 2. The van der Waals surface area contributed by atoms with Crippen molar-refractivity contribution >= 4 is 29.7 Å². The average Bonchev–Trinajstić information content (AvgIpc) is 2.57. The van der Waals surface area contributed by atoms with E-state index in [1.807, 2.05) is 0 Å². The van der Waals surface area contributed by atoms with Crippen molar-refractivity contribution in [2.45, 2.75) is 39.0 Å². The number of nitrogens with two attached hydrogens (primary N) is 1. The quantitative estimate of drug-likeness (QED) is 0.322. The van der Waals surface area contributed by atoms with Crippen molar-refractivity contribution in [3.63, 3.8) is 0 Å². The minimum absolute atomic E-state index is 0.000280. The molecular formula is C16H24N6O7. The summed E-state index contributed by atoms with van der Waals surface area (Å²) >= 11 is 0. The van der Waals surface area contributed by atoms with E-state index in [4.69, 9.17) is 10.5 Å². The highest BCUT2D eigenvalue weighted by molar-refractivity contribution is 5.87. The number of nitrogen functional groups attached to an aromatic ring is 1. The van der Waals surface area contributed by atoms with Gasteiger partial charge in [0.05, 0.1) is 0 Å². The van der Waals surface area contributed by atoms with Gasteiger partial charge in [-0.15, -0.1) is 0 Å². The number of hydrogen-bond acceptors (Lipinski definition) is 8. The molecule has 1 heterocycles. The van der Waals surface area contributed by atoms with Gasteiger partial charge in [-0.05, 0) is 26.8 Å². The Balaban J connectivity index is 2.51. The normalized spacial score (nSPS) is 11.8. The Hall–Kier alpha value is -3.64. The van der Waals surface area contributed by atoms with E-state index in [0.717, 1.165) is 4.57 Å². The maximum absolute atomic E-state index is 11.9. The van der Waals surface area contributed by atoms with Gasteiger partial charge in [-0.1, -0.05) is 0 Å². The third-order valence-corrected chi connectivity index (χ3v) is 3.14. The van der Waals surface area contributed by atoms with Crippen LogP contribution < -0.4 is 27.4 Å². The van der Waals surface area contributed by atoms with Crippen LogP contribution in [0.15, 0.2) is 17.1 Å². The number of aromatic nitrogens is 2. The fraction of sp³-hybridized carbons (Fsp3) is 0.500. The number of nitrogens with one attached hydrogen (secondary N) is 3. The fourth-order valence-electron chi connectivity index (χ4n) is 1.90. The molecule has 0 bridgehead atoms. The van der Waals surface area contributed by atoms with Gasteiger partial charge < -0.3 is 31.5 Å². The lowest BCUT2D eigenvalue weighted by atomic mass is 10.2. The number of alkyl carbamates (subject to hydrolysis) is 1. The first-order valence-corrected chi connectivity index (χ1v) is 8.46. The van der Waals surface area contributed by atoms with Crippen LogP contribution in [-0.2, 0) is 25.7 Å². The summed E-state index contributed by atoms with van der Waals surface area (Å²) in [6.45, 7) is 3.56. The molecule has 0 saturated heterocycles. The monoisotopic (exact) mass is 412 g/mol. The van der Waals surface area contributed by atoms with Gasteiger partial charge in [-0.25, -0.2) is 14.4 Å². The zero-order chi connectivity index (χ0) is 22.2. The summed E-state index contributed by atoms with van der Waals surface area (Å²) in [6, 6.07) is -0.125. The molecule has 1 rings (SSSR count). The van der Waals surface area contributed by atoms with E-state index in [-0.39, 0.29) is 5.82 Å². The fourth-order valence-corrected chi connectivity index (χ4v) is 1.90. The topological polar surface area (TPSA) is 195 Å². The number of hydrogen-bond donors (Lipinski definition) is 5. The summed E-state index contributed by atoms with van der Waals surface area (Å²) in [6.07, 6.45) is 0.429. The largest absolute Gasteiger partial charge is 0.480 e. The van der Waals surface area contributed by atoms with Gasteiger partial charge in [-0.3, -0.25) is 14.2 Å². The number of rotatable bonds is 8. The van der Waals surface area contributed by atoms with Crippen LogP contribution in [0.4, 0.5) is 10.6 Å². The van der Waals surface area contributed by atoms with E-state index in [0.29, 0.717) is 0 Å².